The number of carbonyl (C=O) groups is 2. The van der Waals surface area contributed by atoms with E-state index in [0.29, 0.717) is 17.1 Å². The number of amides is 1. The maximum atomic E-state index is 11.7. The normalized spacial score (nSPS) is 16.8. The molecule has 5 heteroatoms. The molecule has 1 aromatic carbocycles. The van der Waals surface area contributed by atoms with Crippen LogP contribution in [0.1, 0.15) is 24.8 Å². The quantitative estimate of drug-likeness (QED) is 0.669. The Morgan fingerprint density at radius 1 is 1.43 bits per heavy atom. The smallest absolute Gasteiger partial charge is 0.306 e. The number of esters is 1. The molecule has 0 aliphatic heterocycles. The molecule has 0 bridgehead atoms. The molecule has 0 heterocycles. The lowest BCUT2D eigenvalue weighted by Gasteiger charge is -2.09. The van der Waals surface area contributed by atoms with Gasteiger partial charge < -0.3 is 10.1 Å². The molecule has 0 aromatic heterocycles. The lowest BCUT2D eigenvalue weighted by molar-refractivity contribution is -0.147. The Morgan fingerprint density at radius 2 is 2.24 bits per heavy atom. The number of carbonyl (C=O) groups excluding carboxylic acids is 2. The van der Waals surface area contributed by atoms with E-state index >= 15 is 0 Å². The van der Waals surface area contributed by atoms with E-state index in [9.17, 15) is 9.59 Å². The lowest BCUT2D eigenvalue weighted by Crippen LogP contribution is -2.21. The van der Waals surface area contributed by atoms with Gasteiger partial charge in [-0.25, -0.2) is 0 Å². The summed E-state index contributed by atoms with van der Waals surface area (Å²) >= 11 is 5.98. The average Bonchev–Trinajstić information content (AvgIpc) is 2.93. The predicted molar refractivity (Wildman–Crippen MR) is 82.3 cm³/mol. The molecule has 1 amide bonds. The number of benzene rings is 1. The lowest BCUT2D eigenvalue weighted by atomic mass is 10.1. The van der Waals surface area contributed by atoms with Gasteiger partial charge in [-0.05, 0) is 43.4 Å². The number of nitrogens with one attached hydrogen (secondary N) is 1. The number of rotatable bonds is 5. The molecule has 1 aliphatic carbocycles. The molecular formula is C16H18ClNO3. The summed E-state index contributed by atoms with van der Waals surface area (Å²) in [6.45, 7) is 1.61. The molecule has 1 atom stereocenters. The molecule has 4 nitrogen and oxygen atoms in total. The zero-order valence-corrected chi connectivity index (χ0v) is 12.7. The molecule has 1 N–H and O–H groups in total. The largest absolute Gasteiger partial charge is 0.456 e. The molecular weight excluding hydrogens is 290 g/mol. The minimum absolute atomic E-state index is 0.247. The molecule has 0 spiro atoms. The summed E-state index contributed by atoms with van der Waals surface area (Å²) in [7, 11) is 0. The Labute approximate surface area is 129 Å². The Hall–Kier alpha value is -1.81. The maximum Gasteiger partial charge on any atom is 0.306 e. The first-order chi connectivity index (χ1) is 10.0. The van der Waals surface area contributed by atoms with E-state index in [1.54, 1.807) is 12.1 Å². The number of hydrogen-bond acceptors (Lipinski definition) is 3. The van der Waals surface area contributed by atoms with Crippen molar-refractivity contribution in [2.24, 2.45) is 5.92 Å². The van der Waals surface area contributed by atoms with Crippen molar-refractivity contribution in [3.63, 3.8) is 0 Å². The van der Waals surface area contributed by atoms with Crippen molar-refractivity contribution in [3.8, 4) is 0 Å². The zero-order valence-electron chi connectivity index (χ0n) is 11.9. The van der Waals surface area contributed by atoms with Gasteiger partial charge in [-0.1, -0.05) is 29.8 Å². The van der Waals surface area contributed by atoms with Crippen LogP contribution in [0.4, 0.5) is 5.69 Å². The van der Waals surface area contributed by atoms with Crippen molar-refractivity contribution in [2.45, 2.75) is 26.2 Å². The van der Waals surface area contributed by atoms with Gasteiger partial charge in [-0.15, -0.1) is 0 Å². The second kappa shape index (κ2) is 7.27. The number of halogens is 1. The van der Waals surface area contributed by atoms with Crippen molar-refractivity contribution in [1.82, 2.24) is 0 Å². The summed E-state index contributed by atoms with van der Waals surface area (Å²) in [6.07, 6.45) is 6.40. The molecule has 0 radical (unpaired) electrons. The van der Waals surface area contributed by atoms with Crippen LogP contribution in [-0.4, -0.2) is 18.5 Å². The van der Waals surface area contributed by atoms with Gasteiger partial charge in [0.15, 0.2) is 6.61 Å². The third-order valence-corrected chi connectivity index (χ3v) is 3.77. The number of anilines is 1. The van der Waals surface area contributed by atoms with E-state index in [-0.39, 0.29) is 24.4 Å². The number of allylic oxidation sites excluding steroid dienone is 2. The summed E-state index contributed by atoms with van der Waals surface area (Å²) in [6, 6.07) is 5.24. The minimum atomic E-state index is -0.370. The molecule has 0 saturated carbocycles. The molecule has 2 rings (SSSR count). The predicted octanol–water partition coefficient (Wildman–Crippen LogP) is 3.49. The van der Waals surface area contributed by atoms with Gasteiger partial charge in [0.25, 0.3) is 5.91 Å². The molecule has 1 aromatic rings. The van der Waals surface area contributed by atoms with Crippen LogP contribution < -0.4 is 5.32 Å². The monoisotopic (exact) mass is 307 g/mol. The van der Waals surface area contributed by atoms with E-state index < -0.39 is 0 Å². The first-order valence-electron chi connectivity index (χ1n) is 6.93. The highest BCUT2D eigenvalue weighted by atomic mass is 35.5. The van der Waals surface area contributed by atoms with E-state index in [4.69, 9.17) is 16.3 Å². The van der Waals surface area contributed by atoms with Gasteiger partial charge >= 0.3 is 5.97 Å². The van der Waals surface area contributed by atoms with Gasteiger partial charge in [0.2, 0.25) is 0 Å². The third kappa shape index (κ3) is 4.90. The fourth-order valence-corrected chi connectivity index (χ4v) is 2.33. The summed E-state index contributed by atoms with van der Waals surface area (Å²) in [5.41, 5.74) is 1.52. The standard InChI is InChI=1S/C16H18ClNO3/c1-11-6-7-13(9-14(11)17)18-15(19)10-21-16(20)8-12-4-2-3-5-12/h2,4,6-7,9,12H,3,5,8,10H2,1H3,(H,18,19)/t12-/m0/s1. The highest BCUT2D eigenvalue weighted by Crippen LogP contribution is 2.21. The van der Waals surface area contributed by atoms with Gasteiger partial charge in [-0.2, -0.15) is 0 Å². The molecule has 0 fully saturated rings. The van der Waals surface area contributed by atoms with Crippen molar-refractivity contribution < 1.29 is 14.3 Å². The second-order valence-electron chi connectivity index (χ2n) is 5.14. The number of ether oxygens (including phenoxy) is 1. The van der Waals surface area contributed by atoms with Crippen molar-refractivity contribution in [1.29, 1.82) is 0 Å². The van der Waals surface area contributed by atoms with Crippen LogP contribution in [0.25, 0.3) is 0 Å². The van der Waals surface area contributed by atoms with Crippen molar-refractivity contribution in [3.05, 3.63) is 40.9 Å². The Bertz CT molecular complexity index is 569. The van der Waals surface area contributed by atoms with Gasteiger partial charge in [0.05, 0.1) is 6.42 Å². The van der Waals surface area contributed by atoms with Crippen LogP contribution in [0.3, 0.4) is 0 Å². The highest BCUT2D eigenvalue weighted by Gasteiger charge is 2.16. The van der Waals surface area contributed by atoms with Gasteiger partial charge in [0.1, 0.15) is 0 Å². The Balaban J connectivity index is 1.75. The van der Waals surface area contributed by atoms with Crippen LogP contribution in [0.5, 0.6) is 0 Å². The summed E-state index contributed by atoms with van der Waals surface area (Å²) in [5, 5.41) is 3.23. The van der Waals surface area contributed by atoms with E-state index in [1.807, 2.05) is 19.1 Å². The Morgan fingerprint density at radius 3 is 2.90 bits per heavy atom. The maximum absolute atomic E-state index is 11.7. The van der Waals surface area contributed by atoms with Crippen molar-refractivity contribution in [2.75, 3.05) is 11.9 Å². The third-order valence-electron chi connectivity index (χ3n) is 3.36. The van der Waals surface area contributed by atoms with Crippen LogP contribution >= 0.6 is 11.6 Å². The molecule has 0 saturated heterocycles. The average molecular weight is 308 g/mol. The van der Waals surface area contributed by atoms with Crippen molar-refractivity contribution >= 4 is 29.2 Å². The molecule has 0 unspecified atom stereocenters. The van der Waals surface area contributed by atoms with Gasteiger partial charge in [-0.3, -0.25) is 9.59 Å². The SMILES string of the molecule is Cc1ccc(NC(=O)COC(=O)C[C@H]2C=CCC2)cc1Cl. The first-order valence-corrected chi connectivity index (χ1v) is 7.30. The summed E-state index contributed by atoms with van der Waals surface area (Å²) in [5.74, 6) is -0.467. The highest BCUT2D eigenvalue weighted by molar-refractivity contribution is 6.31. The molecule has 21 heavy (non-hydrogen) atoms. The molecule has 112 valence electrons. The van der Waals surface area contributed by atoms with Crippen LogP contribution in [0.2, 0.25) is 5.02 Å². The zero-order chi connectivity index (χ0) is 15.2. The number of hydrogen-bond donors (Lipinski definition) is 1. The second-order valence-corrected chi connectivity index (χ2v) is 5.55. The van der Waals surface area contributed by atoms with Crippen LogP contribution in [-0.2, 0) is 14.3 Å². The number of aryl methyl sites for hydroxylation is 1. The van der Waals surface area contributed by atoms with Gasteiger partial charge in [0, 0.05) is 10.7 Å². The van der Waals surface area contributed by atoms with Crippen LogP contribution in [0.15, 0.2) is 30.4 Å². The van der Waals surface area contributed by atoms with E-state index in [0.717, 1.165) is 18.4 Å². The summed E-state index contributed by atoms with van der Waals surface area (Å²) in [4.78, 5) is 23.3. The Kier molecular flexibility index (Phi) is 5.39. The van der Waals surface area contributed by atoms with E-state index in [2.05, 4.69) is 11.4 Å². The topological polar surface area (TPSA) is 55.4 Å². The fraction of sp³-hybridized carbons (Fsp3) is 0.375. The molecule has 1 aliphatic rings. The minimum Gasteiger partial charge on any atom is -0.456 e. The first kappa shape index (κ1) is 15.6. The van der Waals surface area contributed by atoms with E-state index in [1.165, 1.54) is 0 Å². The summed E-state index contributed by atoms with van der Waals surface area (Å²) < 4.78 is 4.97. The fourth-order valence-electron chi connectivity index (χ4n) is 2.15. The van der Waals surface area contributed by atoms with Crippen LogP contribution in [0, 0.1) is 12.8 Å².